The van der Waals surface area contributed by atoms with Gasteiger partial charge in [-0.1, -0.05) is 0 Å². The molecule has 108 valence electrons. The van der Waals surface area contributed by atoms with E-state index in [4.69, 9.17) is 10.5 Å². The molecule has 2 N–H and O–H groups in total. The molecule has 0 spiro atoms. The number of anilines is 1. The average molecular weight is 287 g/mol. The highest BCUT2D eigenvalue weighted by molar-refractivity contribution is 5.80. The van der Waals surface area contributed by atoms with Gasteiger partial charge in [0.25, 0.3) is 0 Å². The first-order valence-corrected chi connectivity index (χ1v) is 6.89. The summed E-state index contributed by atoms with van der Waals surface area (Å²) in [5, 5.41) is 0.790. The largest absolute Gasteiger partial charge is 0.446 e. The fourth-order valence-corrected chi connectivity index (χ4v) is 3.23. The molecule has 2 aromatic rings. The Balaban J connectivity index is 1.52. The highest BCUT2D eigenvalue weighted by Crippen LogP contribution is 2.48. The molecule has 1 amide bonds. The van der Waals surface area contributed by atoms with Crippen LogP contribution in [0.3, 0.4) is 0 Å². The van der Waals surface area contributed by atoms with Crippen molar-refractivity contribution >= 4 is 22.8 Å². The summed E-state index contributed by atoms with van der Waals surface area (Å²) in [6.07, 6.45) is -0.736. The van der Waals surface area contributed by atoms with Gasteiger partial charge in [-0.2, -0.15) is 0 Å². The highest BCUT2D eigenvalue weighted by Gasteiger charge is 2.58. The number of rotatable bonds is 2. The maximum absolute atomic E-state index is 13.2. The molecule has 1 aromatic heterocycles. The molecular weight excluding hydrogens is 273 g/mol. The Bertz CT molecular complexity index is 724. The van der Waals surface area contributed by atoms with Gasteiger partial charge in [0.15, 0.2) is 0 Å². The molecule has 4 rings (SSSR count). The molecule has 5 nitrogen and oxygen atoms in total. The molecule has 2 heterocycles. The second-order valence-corrected chi connectivity index (χ2v) is 5.64. The Morgan fingerprint density at radius 1 is 1.29 bits per heavy atom. The lowest BCUT2D eigenvalue weighted by Gasteiger charge is -2.21. The van der Waals surface area contributed by atoms with Gasteiger partial charge in [-0.3, -0.25) is 0 Å². The third-order valence-corrected chi connectivity index (χ3v) is 4.33. The Labute approximate surface area is 120 Å². The van der Waals surface area contributed by atoms with E-state index in [1.807, 2.05) is 12.1 Å². The normalized spacial score (nSPS) is 26.7. The third-order valence-electron chi connectivity index (χ3n) is 4.33. The first-order valence-electron chi connectivity index (χ1n) is 6.89. The molecule has 1 saturated carbocycles. The van der Waals surface area contributed by atoms with Crippen LogP contribution in [-0.4, -0.2) is 30.3 Å². The van der Waals surface area contributed by atoms with Crippen LogP contribution in [0.4, 0.5) is 15.0 Å². The number of pyridine rings is 1. The predicted octanol–water partition coefficient (Wildman–Crippen LogP) is 1.90. The number of primary amides is 1. The lowest BCUT2D eigenvalue weighted by molar-refractivity contribution is 0.137. The topological polar surface area (TPSA) is 68.5 Å². The van der Waals surface area contributed by atoms with Crippen LogP contribution in [0.15, 0.2) is 30.3 Å². The summed E-state index contributed by atoms with van der Waals surface area (Å²) in [6, 6.07) is 8.35. The van der Waals surface area contributed by atoms with Gasteiger partial charge in [0.1, 0.15) is 17.7 Å². The van der Waals surface area contributed by atoms with Crippen LogP contribution < -0.4 is 10.6 Å². The van der Waals surface area contributed by atoms with E-state index in [0.29, 0.717) is 11.8 Å². The number of carbonyl (C=O) groups excluding carboxylic acids is 1. The number of benzene rings is 1. The molecule has 0 radical (unpaired) electrons. The zero-order valence-corrected chi connectivity index (χ0v) is 11.2. The first-order chi connectivity index (χ1) is 10.1. The Kier molecular flexibility index (Phi) is 2.54. The van der Waals surface area contributed by atoms with Gasteiger partial charge >= 0.3 is 6.09 Å². The summed E-state index contributed by atoms with van der Waals surface area (Å²) >= 11 is 0. The van der Waals surface area contributed by atoms with E-state index in [0.717, 1.165) is 29.8 Å². The third kappa shape index (κ3) is 2.07. The summed E-state index contributed by atoms with van der Waals surface area (Å²) in [5.74, 6) is 1.32. The molecule has 21 heavy (non-hydrogen) atoms. The summed E-state index contributed by atoms with van der Waals surface area (Å²) in [5.41, 5.74) is 5.82. The Morgan fingerprint density at radius 2 is 2.05 bits per heavy atom. The number of piperidine rings is 1. The van der Waals surface area contributed by atoms with Crippen molar-refractivity contribution in [1.82, 2.24) is 4.98 Å². The molecule has 2 unspecified atom stereocenters. The van der Waals surface area contributed by atoms with Crippen molar-refractivity contribution in [3.8, 4) is 0 Å². The van der Waals surface area contributed by atoms with E-state index in [9.17, 15) is 9.18 Å². The number of carbonyl (C=O) groups is 1. The SMILES string of the molecule is NC(=O)OC1C2CN(c3ccc4cc(F)ccc4n3)CC21. The minimum atomic E-state index is -0.702. The standard InChI is InChI=1S/C15H14FN3O2/c16-9-2-3-12-8(5-9)1-4-13(18-12)19-6-10-11(7-19)14(10)21-15(17)20/h1-5,10-11,14H,6-7H2,(H2,17,20). The van der Waals surface area contributed by atoms with Crippen LogP contribution in [-0.2, 0) is 4.74 Å². The first kappa shape index (κ1) is 12.4. The molecule has 2 atom stereocenters. The predicted molar refractivity (Wildman–Crippen MR) is 75.4 cm³/mol. The molecule has 0 bridgehead atoms. The molecule has 2 fully saturated rings. The van der Waals surface area contributed by atoms with Gasteiger partial charge in [0.2, 0.25) is 0 Å². The summed E-state index contributed by atoms with van der Waals surface area (Å²) in [6.45, 7) is 1.62. The van der Waals surface area contributed by atoms with Crippen LogP contribution in [0.5, 0.6) is 0 Å². The molecule has 1 aliphatic heterocycles. The number of nitrogens with two attached hydrogens (primary N) is 1. The molecule has 6 heteroatoms. The average Bonchev–Trinajstić information content (AvgIpc) is 2.90. The van der Waals surface area contributed by atoms with Crippen LogP contribution in [0, 0.1) is 17.7 Å². The number of ether oxygens (including phenoxy) is 1. The van der Waals surface area contributed by atoms with E-state index < -0.39 is 6.09 Å². The van der Waals surface area contributed by atoms with E-state index >= 15 is 0 Å². The van der Waals surface area contributed by atoms with E-state index in [2.05, 4.69) is 9.88 Å². The zero-order valence-electron chi connectivity index (χ0n) is 11.2. The van der Waals surface area contributed by atoms with Crippen LogP contribution in [0.25, 0.3) is 10.9 Å². The fourth-order valence-electron chi connectivity index (χ4n) is 3.23. The number of nitrogens with zero attached hydrogens (tertiary/aromatic N) is 2. The van der Waals surface area contributed by atoms with Crippen molar-refractivity contribution in [1.29, 1.82) is 0 Å². The molecule has 1 aliphatic carbocycles. The van der Waals surface area contributed by atoms with Crippen LogP contribution in [0.1, 0.15) is 0 Å². The summed E-state index contributed by atoms with van der Waals surface area (Å²) < 4.78 is 18.2. The van der Waals surface area contributed by atoms with Crippen molar-refractivity contribution in [2.75, 3.05) is 18.0 Å². The quantitative estimate of drug-likeness (QED) is 0.916. The van der Waals surface area contributed by atoms with E-state index in [1.165, 1.54) is 12.1 Å². The lowest BCUT2D eigenvalue weighted by atomic mass is 10.2. The van der Waals surface area contributed by atoms with Gasteiger partial charge in [0.05, 0.1) is 5.52 Å². The van der Waals surface area contributed by atoms with Gasteiger partial charge in [-0.25, -0.2) is 14.2 Å². The summed E-state index contributed by atoms with van der Waals surface area (Å²) in [7, 11) is 0. The molecule has 1 saturated heterocycles. The maximum atomic E-state index is 13.2. The lowest BCUT2D eigenvalue weighted by Crippen LogP contribution is -2.28. The van der Waals surface area contributed by atoms with Crippen molar-refractivity contribution < 1.29 is 13.9 Å². The minimum absolute atomic E-state index is 0.0340. The smallest absolute Gasteiger partial charge is 0.404 e. The second-order valence-electron chi connectivity index (χ2n) is 5.64. The van der Waals surface area contributed by atoms with E-state index in [1.54, 1.807) is 6.07 Å². The van der Waals surface area contributed by atoms with Crippen LogP contribution >= 0.6 is 0 Å². The van der Waals surface area contributed by atoms with E-state index in [-0.39, 0.29) is 11.9 Å². The highest BCUT2D eigenvalue weighted by atomic mass is 19.1. The Hall–Kier alpha value is -2.37. The number of fused-ring (bicyclic) bond motifs is 2. The number of amides is 1. The molecule has 1 aromatic carbocycles. The number of halogens is 1. The summed E-state index contributed by atoms with van der Waals surface area (Å²) in [4.78, 5) is 17.5. The number of hydrogen-bond acceptors (Lipinski definition) is 4. The molecular formula is C15H14FN3O2. The Morgan fingerprint density at radius 3 is 2.76 bits per heavy atom. The van der Waals surface area contributed by atoms with Crippen molar-refractivity contribution in [3.63, 3.8) is 0 Å². The van der Waals surface area contributed by atoms with Crippen molar-refractivity contribution in [2.24, 2.45) is 17.6 Å². The minimum Gasteiger partial charge on any atom is -0.446 e. The van der Waals surface area contributed by atoms with Crippen molar-refractivity contribution in [2.45, 2.75) is 6.10 Å². The second kappa shape index (κ2) is 4.31. The van der Waals surface area contributed by atoms with Gasteiger partial charge in [0, 0.05) is 30.3 Å². The fraction of sp³-hybridized carbons (Fsp3) is 0.333. The maximum Gasteiger partial charge on any atom is 0.404 e. The van der Waals surface area contributed by atoms with Gasteiger partial charge < -0.3 is 15.4 Å². The zero-order chi connectivity index (χ0) is 14.6. The number of aromatic nitrogens is 1. The van der Waals surface area contributed by atoms with Crippen LogP contribution in [0.2, 0.25) is 0 Å². The van der Waals surface area contributed by atoms with Gasteiger partial charge in [-0.05, 0) is 30.3 Å². The number of hydrogen-bond donors (Lipinski definition) is 1. The van der Waals surface area contributed by atoms with Crippen molar-refractivity contribution in [3.05, 3.63) is 36.1 Å². The monoisotopic (exact) mass is 287 g/mol. The van der Waals surface area contributed by atoms with Gasteiger partial charge in [-0.15, -0.1) is 0 Å². The molecule has 2 aliphatic rings.